The summed E-state index contributed by atoms with van der Waals surface area (Å²) in [4.78, 5) is 12.3. The van der Waals surface area contributed by atoms with Gasteiger partial charge in [0.1, 0.15) is 5.75 Å². The van der Waals surface area contributed by atoms with Crippen molar-refractivity contribution in [3.05, 3.63) is 53.1 Å². The van der Waals surface area contributed by atoms with Gasteiger partial charge >= 0.3 is 0 Å². The van der Waals surface area contributed by atoms with Gasteiger partial charge in [-0.2, -0.15) is 0 Å². The van der Waals surface area contributed by atoms with Crippen LogP contribution in [0.4, 0.5) is 5.69 Å². The number of nitrogens with one attached hydrogen (secondary N) is 1. The topological polar surface area (TPSA) is 91.3 Å². The van der Waals surface area contributed by atoms with Gasteiger partial charge in [0.05, 0.1) is 23.8 Å². The molecule has 0 aliphatic heterocycles. The van der Waals surface area contributed by atoms with E-state index >= 15 is 0 Å². The summed E-state index contributed by atoms with van der Waals surface area (Å²) in [5.74, 6) is -0.455. The van der Waals surface area contributed by atoms with Crippen LogP contribution < -0.4 is 19.8 Å². The van der Waals surface area contributed by atoms with E-state index in [9.17, 15) is 9.90 Å². The number of methoxy groups -OCH3 is 1. The molecule has 0 unspecified atom stereocenters. The number of aromatic nitrogens is 2. The lowest BCUT2D eigenvalue weighted by atomic mass is 10.2. The number of hydrogen-bond donors (Lipinski definition) is 1. The van der Waals surface area contributed by atoms with Gasteiger partial charge in [-0.1, -0.05) is 29.8 Å². The smallest absolute Gasteiger partial charge is 0.298 e. The Kier molecular flexibility index (Phi) is 5.88. The molecule has 0 saturated heterocycles. The van der Waals surface area contributed by atoms with E-state index in [1.807, 2.05) is 25.1 Å². The van der Waals surface area contributed by atoms with Crippen molar-refractivity contribution < 1.29 is 23.8 Å². The van der Waals surface area contributed by atoms with Gasteiger partial charge in [-0.15, -0.1) is 0 Å². The molecule has 27 heavy (non-hydrogen) atoms. The van der Waals surface area contributed by atoms with Gasteiger partial charge in [0.2, 0.25) is 11.6 Å². The van der Waals surface area contributed by atoms with E-state index in [-0.39, 0.29) is 16.7 Å². The van der Waals surface area contributed by atoms with Crippen LogP contribution in [0, 0.1) is 6.92 Å². The molecule has 1 N–H and O–H groups in total. The molecule has 0 saturated carbocycles. The summed E-state index contributed by atoms with van der Waals surface area (Å²) in [6, 6.07) is 12.4. The lowest BCUT2D eigenvalue weighted by Crippen LogP contribution is -2.35. The van der Waals surface area contributed by atoms with Crippen LogP contribution in [0.2, 0.25) is 5.02 Å². The quantitative estimate of drug-likeness (QED) is 0.501. The predicted octanol–water partition coefficient (Wildman–Crippen LogP) is 2.73. The van der Waals surface area contributed by atoms with Crippen LogP contribution in [0.1, 0.15) is 5.56 Å². The molecule has 0 fully saturated rings. The van der Waals surface area contributed by atoms with Crippen molar-refractivity contribution >= 4 is 35.0 Å². The van der Waals surface area contributed by atoms with Crippen molar-refractivity contribution in [2.45, 2.75) is 11.9 Å². The van der Waals surface area contributed by atoms with Crippen molar-refractivity contribution in [2.24, 2.45) is 0 Å². The van der Waals surface area contributed by atoms with Gasteiger partial charge in [0.25, 0.3) is 5.03 Å². The number of amides is 1. The van der Waals surface area contributed by atoms with Crippen LogP contribution in [0.15, 0.2) is 52.0 Å². The van der Waals surface area contributed by atoms with Crippen LogP contribution in [-0.2, 0) is 4.79 Å². The van der Waals surface area contributed by atoms with E-state index in [0.29, 0.717) is 22.1 Å². The van der Waals surface area contributed by atoms with Crippen molar-refractivity contribution in [1.82, 2.24) is 5.27 Å². The molecule has 1 aromatic heterocycles. The molecule has 1 heterocycles. The molecule has 140 valence electrons. The van der Waals surface area contributed by atoms with Gasteiger partial charge in [-0.05, 0) is 35.0 Å². The number of rotatable bonds is 6. The summed E-state index contributed by atoms with van der Waals surface area (Å²) in [5.41, 5.74) is 1.98. The third-order valence-electron chi connectivity index (χ3n) is 3.67. The van der Waals surface area contributed by atoms with Gasteiger partial charge in [0.15, 0.2) is 5.95 Å². The average Bonchev–Trinajstić information content (AvgIpc) is 3.04. The number of ether oxygens (including phenoxy) is 1. The van der Waals surface area contributed by atoms with Crippen molar-refractivity contribution in [3.63, 3.8) is 0 Å². The summed E-state index contributed by atoms with van der Waals surface area (Å²) in [6.07, 6.45) is 0. The Labute approximate surface area is 164 Å². The first-order valence-electron chi connectivity index (χ1n) is 7.91. The molecule has 1 amide bonds. The maximum atomic E-state index is 12.3. The summed E-state index contributed by atoms with van der Waals surface area (Å²) in [5, 5.41) is 19.2. The standard InChI is InChI=1S/C18H16ClN3O4S/c1-11-8-14(15(25-2)9-13(11)19)20-16(23)10-27-17-18(24)26-21-22(17)12-6-4-3-5-7-12/h3-9H,10H2,1-2H3,(H-,20,21,23,24). The first-order valence-corrected chi connectivity index (χ1v) is 9.27. The molecule has 0 atom stereocenters. The van der Waals surface area contributed by atoms with Crippen LogP contribution >= 0.6 is 23.4 Å². The van der Waals surface area contributed by atoms with Gasteiger partial charge in [-0.3, -0.25) is 4.79 Å². The average molecular weight is 406 g/mol. The Hall–Kier alpha value is -2.71. The third-order valence-corrected chi connectivity index (χ3v) is 5.09. The maximum absolute atomic E-state index is 12.3. The second kappa shape index (κ2) is 8.32. The Morgan fingerprint density at radius 3 is 2.81 bits per heavy atom. The van der Waals surface area contributed by atoms with Crippen LogP contribution in [0.3, 0.4) is 0 Å². The van der Waals surface area contributed by atoms with Crippen LogP contribution in [0.25, 0.3) is 5.69 Å². The number of hydrogen-bond acceptors (Lipinski definition) is 6. The molecule has 0 bridgehead atoms. The Balaban J connectivity index is 1.72. The third kappa shape index (κ3) is 4.35. The number of para-hydroxylation sites is 1. The highest BCUT2D eigenvalue weighted by Gasteiger charge is 2.22. The zero-order valence-corrected chi connectivity index (χ0v) is 16.1. The molecule has 7 nitrogen and oxygen atoms in total. The number of halogens is 1. The second-order valence-corrected chi connectivity index (χ2v) is 6.92. The minimum atomic E-state index is -0.600. The van der Waals surface area contributed by atoms with Gasteiger partial charge in [0, 0.05) is 23.2 Å². The Morgan fingerprint density at radius 1 is 1.37 bits per heavy atom. The van der Waals surface area contributed by atoms with E-state index in [4.69, 9.17) is 20.9 Å². The highest BCUT2D eigenvalue weighted by molar-refractivity contribution is 7.99. The number of nitrogens with zero attached hydrogens (tertiary/aromatic N) is 2. The van der Waals surface area contributed by atoms with E-state index in [2.05, 4.69) is 10.6 Å². The molecular weight excluding hydrogens is 390 g/mol. The molecule has 3 rings (SSSR count). The molecule has 0 spiro atoms. The van der Waals surface area contributed by atoms with Crippen molar-refractivity contribution in [2.75, 3.05) is 18.2 Å². The highest BCUT2D eigenvalue weighted by Crippen LogP contribution is 2.31. The molecule has 0 aliphatic carbocycles. The molecule has 2 aromatic carbocycles. The fourth-order valence-corrected chi connectivity index (χ4v) is 3.25. The largest absolute Gasteiger partial charge is 0.538 e. The minimum Gasteiger partial charge on any atom is -0.538 e. The van der Waals surface area contributed by atoms with E-state index in [1.165, 1.54) is 11.8 Å². The first kappa shape index (κ1) is 19.1. The zero-order valence-electron chi connectivity index (χ0n) is 14.6. The summed E-state index contributed by atoms with van der Waals surface area (Å²) in [7, 11) is 1.50. The normalized spacial score (nSPS) is 10.6. The summed E-state index contributed by atoms with van der Waals surface area (Å²) in [6.45, 7) is 1.83. The van der Waals surface area contributed by atoms with Crippen LogP contribution in [0.5, 0.6) is 11.7 Å². The molecule has 3 aromatic rings. The number of aryl methyl sites for hydroxylation is 1. The number of carbonyl (C=O) groups excluding carboxylic acids is 1. The minimum absolute atomic E-state index is 0.00584. The molecular formula is C18H16ClN3O4S. The van der Waals surface area contributed by atoms with Gasteiger partial charge in [-0.25, -0.2) is 0 Å². The number of carbonyl (C=O) groups is 1. The van der Waals surface area contributed by atoms with E-state index < -0.39 is 5.95 Å². The Morgan fingerprint density at radius 2 is 2.11 bits per heavy atom. The van der Waals surface area contributed by atoms with Crippen molar-refractivity contribution in [3.8, 4) is 17.4 Å². The number of thioether (sulfide) groups is 1. The second-order valence-electron chi connectivity index (χ2n) is 5.55. The van der Waals surface area contributed by atoms with Crippen molar-refractivity contribution in [1.29, 1.82) is 0 Å². The lowest BCUT2D eigenvalue weighted by Gasteiger charge is -2.11. The fraction of sp³-hybridized carbons (Fsp3) is 0.167. The van der Waals surface area contributed by atoms with E-state index in [1.54, 1.807) is 24.3 Å². The monoisotopic (exact) mass is 405 g/mol. The zero-order chi connectivity index (χ0) is 19.4. The van der Waals surface area contributed by atoms with Crippen LogP contribution in [-0.4, -0.2) is 24.0 Å². The maximum Gasteiger partial charge on any atom is 0.298 e. The molecule has 9 heteroatoms. The van der Waals surface area contributed by atoms with E-state index in [0.717, 1.165) is 17.3 Å². The molecule has 0 aliphatic rings. The molecule has 0 radical (unpaired) electrons. The highest BCUT2D eigenvalue weighted by atomic mass is 35.5. The number of anilines is 1. The summed E-state index contributed by atoms with van der Waals surface area (Å²) < 4.78 is 11.3. The Bertz CT molecular complexity index is 963. The SMILES string of the molecule is COc1cc(Cl)c(C)cc1NC(=O)CSc1c([O-])on[n+]1-c1ccccc1. The lowest BCUT2D eigenvalue weighted by molar-refractivity contribution is -0.705. The fourth-order valence-electron chi connectivity index (χ4n) is 2.34. The predicted molar refractivity (Wildman–Crippen MR) is 99.6 cm³/mol. The summed E-state index contributed by atoms with van der Waals surface area (Å²) >= 11 is 7.11. The van der Waals surface area contributed by atoms with Gasteiger partial charge < -0.3 is 19.7 Å². The number of benzene rings is 2. The first-order chi connectivity index (χ1) is 13.0.